The number of halogens is 2. The fourth-order valence-electron chi connectivity index (χ4n) is 1.89. The second kappa shape index (κ2) is 7.11. The van der Waals surface area contributed by atoms with Gasteiger partial charge in [-0.05, 0) is 24.1 Å². The van der Waals surface area contributed by atoms with Crippen molar-refractivity contribution in [3.63, 3.8) is 0 Å². The van der Waals surface area contributed by atoms with Crippen LogP contribution < -0.4 is 4.72 Å². The third kappa shape index (κ3) is 4.71. The Morgan fingerprint density at radius 2 is 2.18 bits per heavy atom. The van der Waals surface area contributed by atoms with Crippen molar-refractivity contribution in [1.29, 1.82) is 0 Å². The molecule has 0 atom stereocenters. The van der Waals surface area contributed by atoms with E-state index in [1.165, 1.54) is 23.0 Å². The van der Waals surface area contributed by atoms with Gasteiger partial charge in [0.1, 0.15) is 5.82 Å². The number of hydrogen-bond acceptors (Lipinski definition) is 3. The van der Waals surface area contributed by atoms with Crippen LogP contribution in [0.3, 0.4) is 0 Å². The minimum absolute atomic E-state index is 0.0818. The predicted octanol–water partition coefficient (Wildman–Crippen LogP) is 3.27. The molecular formula is C14H17ClFN3O2S. The lowest BCUT2D eigenvalue weighted by atomic mass is 10.2. The van der Waals surface area contributed by atoms with Crippen molar-refractivity contribution >= 4 is 27.3 Å². The fraction of sp³-hybridized carbons (Fsp3) is 0.357. The number of hydrogen-bond donors (Lipinski definition) is 1. The van der Waals surface area contributed by atoms with Gasteiger partial charge in [0.25, 0.3) is 0 Å². The number of sulfonamides is 1. The highest BCUT2D eigenvalue weighted by Gasteiger charge is 2.11. The number of unbranched alkanes of at least 4 members (excludes halogenated alkanes) is 1. The van der Waals surface area contributed by atoms with Crippen molar-refractivity contribution in [2.75, 3.05) is 10.5 Å². The average Bonchev–Trinajstić information content (AvgIpc) is 2.86. The lowest BCUT2D eigenvalue weighted by Crippen LogP contribution is -2.16. The summed E-state index contributed by atoms with van der Waals surface area (Å²) in [5.41, 5.74) is 1.10. The molecule has 5 nitrogen and oxygen atoms in total. The van der Waals surface area contributed by atoms with Gasteiger partial charge in [-0.3, -0.25) is 9.40 Å². The molecule has 0 spiro atoms. The van der Waals surface area contributed by atoms with Crippen molar-refractivity contribution in [2.45, 2.75) is 26.3 Å². The van der Waals surface area contributed by atoms with Crippen molar-refractivity contribution in [2.24, 2.45) is 0 Å². The van der Waals surface area contributed by atoms with Crippen LogP contribution in [0.5, 0.6) is 0 Å². The summed E-state index contributed by atoms with van der Waals surface area (Å²) in [7, 11) is -3.35. The third-order valence-electron chi connectivity index (χ3n) is 3.02. The molecule has 0 aliphatic carbocycles. The first kappa shape index (κ1) is 16.8. The van der Waals surface area contributed by atoms with Gasteiger partial charge in [-0.1, -0.05) is 31.0 Å². The number of rotatable bonds is 7. The van der Waals surface area contributed by atoms with Gasteiger partial charge in [0, 0.05) is 11.2 Å². The van der Waals surface area contributed by atoms with Crippen LogP contribution in [0.2, 0.25) is 5.02 Å². The van der Waals surface area contributed by atoms with E-state index in [2.05, 4.69) is 9.82 Å². The molecule has 0 aliphatic heterocycles. The molecule has 1 aromatic carbocycles. The third-order valence-corrected chi connectivity index (χ3v) is 4.75. The Labute approximate surface area is 134 Å². The Hall–Kier alpha value is -1.60. The van der Waals surface area contributed by atoms with Crippen LogP contribution in [0.15, 0.2) is 30.6 Å². The molecule has 1 N–H and O–H groups in total. The molecule has 1 heterocycles. The summed E-state index contributed by atoms with van der Waals surface area (Å²) in [6.07, 6.45) is 4.42. The highest BCUT2D eigenvalue weighted by molar-refractivity contribution is 7.92. The normalized spacial score (nSPS) is 11.6. The number of aromatic nitrogens is 2. The fourth-order valence-corrected chi connectivity index (χ4v) is 3.35. The molecule has 120 valence electrons. The molecule has 2 rings (SSSR count). The predicted molar refractivity (Wildman–Crippen MR) is 85.1 cm³/mol. The highest BCUT2D eigenvalue weighted by Crippen LogP contribution is 2.19. The van der Waals surface area contributed by atoms with Gasteiger partial charge >= 0.3 is 0 Å². The van der Waals surface area contributed by atoms with E-state index in [-0.39, 0.29) is 5.75 Å². The van der Waals surface area contributed by atoms with Gasteiger partial charge in [-0.15, -0.1) is 0 Å². The summed E-state index contributed by atoms with van der Waals surface area (Å²) in [6, 6.07) is 4.12. The van der Waals surface area contributed by atoms with E-state index in [1.807, 2.05) is 6.92 Å². The van der Waals surface area contributed by atoms with Crippen LogP contribution in [0.4, 0.5) is 10.1 Å². The zero-order chi connectivity index (χ0) is 16.2. The van der Waals surface area contributed by atoms with Crippen molar-refractivity contribution in [3.8, 4) is 0 Å². The zero-order valence-corrected chi connectivity index (χ0v) is 13.7. The van der Waals surface area contributed by atoms with E-state index >= 15 is 0 Å². The van der Waals surface area contributed by atoms with E-state index in [4.69, 9.17) is 11.6 Å². The first-order chi connectivity index (χ1) is 10.4. The Morgan fingerprint density at radius 3 is 2.86 bits per heavy atom. The highest BCUT2D eigenvalue weighted by atomic mass is 35.5. The van der Waals surface area contributed by atoms with E-state index < -0.39 is 15.8 Å². The molecule has 0 bridgehead atoms. The van der Waals surface area contributed by atoms with Crippen LogP contribution in [0.25, 0.3) is 0 Å². The molecule has 8 heteroatoms. The van der Waals surface area contributed by atoms with E-state index in [0.717, 1.165) is 6.42 Å². The molecular weight excluding hydrogens is 329 g/mol. The minimum Gasteiger partial charge on any atom is -0.280 e. The summed E-state index contributed by atoms with van der Waals surface area (Å²) in [5.74, 6) is -0.322. The van der Waals surface area contributed by atoms with Gasteiger partial charge in [0.2, 0.25) is 10.0 Å². The van der Waals surface area contributed by atoms with Gasteiger partial charge in [0.15, 0.2) is 0 Å². The topological polar surface area (TPSA) is 64.0 Å². The minimum atomic E-state index is -3.35. The lowest BCUT2D eigenvalue weighted by Gasteiger charge is -2.05. The molecule has 0 amide bonds. The van der Waals surface area contributed by atoms with Crippen LogP contribution in [0, 0.1) is 5.82 Å². The summed E-state index contributed by atoms with van der Waals surface area (Å²) < 4.78 is 40.6. The van der Waals surface area contributed by atoms with E-state index in [1.54, 1.807) is 12.3 Å². The van der Waals surface area contributed by atoms with Gasteiger partial charge < -0.3 is 0 Å². The Morgan fingerprint density at radius 1 is 1.41 bits per heavy atom. The maximum atomic E-state index is 13.0. The van der Waals surface area contributed by atoms with Crippen LogP contribution in [-0.4, -0.2) is 24.0 Å². The molecule has 0 unspecified atom stereocenters. The number of anilines is 1. The Kier molecular flexibility index (Phi) is 5.42. The summed E-state index contributed by atoms with van der Waals surface area (Å²) in [5, 5.41) is 4.38. The Bertz CT molecular complexity index is 746. The number of benzene rings is 1. The second-order valence-electron chi connectivity index (χ2n) is 4.94. The molecule has 1 aromatic heterocycles. The standard InChI is InChI=1S/C14H17ClFN3O2S/c1-2-3-6-22(20,21)18-13-8-17-19(10-13)9-11-4-5-12(16)7-14(11)15/h4-5,7-8,10,18H,2-3,6,9H2,1H3. The van der Waals surface area contributed by atoms with E-state index in [0.29, 0.717) is 29.2 Å². The van der Waals surface area contributed by atoms with Crippen LogP contribution >= 0.6 is 11.6 Å². The largest absolute Gasteiger partial charge is 0.280 e. The number of nitrogens with zero attached hydrogens (tertiary/aromatic N) is 2. The smallest absolute Gasteiger partial charge is 0.232 e. The first-order valence-corrected chi connectivity index (χ1v) is 8.89. The molecule has 22 heavy (non-hydrogen) atoms. The number of nitrogens with one attached hydrogen (secondary N) is 1. The molecule has 0 saturated heterocycles. The van der Waals surface area contributed by atoms with Crippen molar-refractivity contribution in [3.05, 3.63) is 47.0 Å². The van der Waals surface area contributed by atoms with Crippen LogP contribution in [0.1, 0.15) is 25.3 Å². The monoisotopic (exact) mass is 345 g/mol. The zero-order valence-electron chi connectivity index (χ0n) is 12.1. The van der Waals surface area contributed by atoms with Gasteiger partial charge in [-0.25, -0.2) is 12.8 Å². The Balaban J connectivity index is 2.05. The quantitative estimate of drug-likeness (QED) is 0.837. The second-order valence-corrected chi connectivity index (χ2v) is 7.19. The maximum Gasteiger partial charge on any atom is 0.232 e. The average molecular weight is 346 g/mol. The summed E-state index contributed by atoms with van der Waals surface area (Å²) in [4.78, 5) is 0. The molecule has 0 fully saturated rings. The molecule has 0 saturated carbocycles. The lowest BCUT2D eigenvalue weighted by molar-refractivity contribution is 0.598. The van der Waals surface area contributed by atoms with Gasteiger partial charge in [-0.2, -0.15) is 5.10 Å². The summed E-state index contributed by atoms with van der Waals surface area (Å²) in [6.45, 7) is 2.26. The molecule has 0 aliphatic rings. The van der Waals surface area contributed by atoms with E-state index in [9.17, 15) is 12.8 Å². The summed E-state index contributed by atoms with van der Waals surface area (Å²) >= 11 is 5.96. The van der Waals surface area contributed by atoms with Gasteiger partial charge in [0.05, 0.1) is 24.2 Å². The maximum absolute atomic E-state index is 13.0. The van der Waals surface area contributed by atoms with Crippen molar-refractivity contribution in [1.82, 2.24) is 9.78 Å². The van der Waals surface area contributed by atoms with Crippen molar-refractivity contribution < 1.29 is 12.8 Å². The SMILES string of the molecule is CCCCS(=O)(=O)Nc1cnn(Cc2ccc(F)cc2Cl)c1. The first-order valence-electron chi connectivity index (χ1n) is 6.86. The van der Waals surface area contributed by atoms with Crippen LogP contribution in [-0.2, 0) is 16.6 Å². The molecule has 0 radical (unpaired) electrons. The molecule has 2 aromatic rings.